The molecule has 2 aromatic carbocycles. The summed E-state index contributed by atoms with van der Waals surface area (Å²) in [5, 5.41) is 1.30. The van der Waals surface area contributed by atoms with Crippen LogP contribution in [0.5, 0.6) is 17.2 Å². The largest absolute Gasteiger partial charge is 0.495 e. The first-order valence-electron chi connectivity index (χ1n) is 9.53. The number of Topliss-reactive ketones (excluding diaryl/α,β-unsaturated/α-hetero) is 1. The number of halogens is 1. The number of hydrogen-bond acceptors (Lipinski definition) is 5. The van der Waals surface area contributed by atoms with Gasteiger partial charge in [-0.3, -0.25) is 9.78 Å². The van der Waals surface area contributed by atoms with Crippen LogP contribution in [-0.2, 0) is 6.54 Å². The number of ether oxygens (including phenoxy) is 2. The molecule has 0 bridgehead atoms. The molecule has 0 saturated carbocycles. The molecule has 3 aromatic heterocycles. The van der Waals surface area contributed by atoms with E-state index in [9.17, 15) is 4.79 Å². The second kappa shape index (κ2) is 7.77. The summed E-state index contributed by atoms with van der Waals surface area (Å²) in [6.07, 6.45) is 6.68. The van der Waals surface area contributed by atoms with Gasteiger partial charge in [0.05, 0.1) is 42.2 Å². The topological polar surface area (TPSA) is 82.0 Å². The molecule has 0 fully saturated rings. The number of carbonyl (C=O) groups is 1. The highest BCUT2D eigenvalue weighted by atomic mass is 35.5. The third-order valence-corrected chi connectivity index (χ3v) is 5.33. The molecule has 31 heavy (non-hydrogen) atoms. The molecule has 0 amide bonds. The van der Waals surface area contributed by atoms with Crippen molar-refractivity contribution in [2.45, 2.75) is 6.54 Å². The number of H-pyrrole nitrogens is 1. The number of pyridine rings is 1. The van der Waals surface area contributed by atoms with Gasteiger partial charge in [0.2, 0.25) is 0 Å². The van der Waals surface area contributed by atoms with Crippen LogP contribution in [0.1, 0.15) is 10.4 Å². The summed E-state index contributed by atoms with van der Waals surface area (Å²) in [6, 6.07) is 12.7. The summed E-state index contributed by atoms with van der Waals surface area (Å²) < 4.78 is 12.8. The second-order valence-electron chi connectivity index (χ2n) is 6.97. The molecule has 3 heterocycles. The molecule has 0 saturated heterocycles. The van der Waals surface area contributed by atoms with E-state index in [2.05, 4.69) is 15.0 Å². The number of nitrogens with zero attached hydrogens (tertiary/aromatic N) is 3. The number of fused-ring (bicyclic) bond motifs is 2. The number of rotatable bonds is 6. The van der Waals surface area contributed by atoms with Gasteiger partial charge in [0.15, 0.2) is 5.78 Å². The first-order chi connectivity index (χ1) is 15.1. The minimum atomic E-state index is -0.0431. The molecular formula is C23H17ClN4O3. The first kappa shape index (κ1) is 19.1. The Bertz CT molecular complexity index is 1410. The van der Waals surface area contributed by atoms with Gasteiger partial charge in [0.25, 0.3) is 0 Å². The predicted octanol–water partition coefficient (Wildman–Crippen LogP) is 5.25. The van der Waals surface area contributed by atoms with E-state index in [-0.39, 0.29) is 12.3 Å². The number of aromatic amines is 1. The lowest BCUT2D eigenvalue weighted by Gasteiger charge is -2.07. The average molecular weight is 433 g/mol. The van der Waals surface area contributed by atoms with E-state index in [4.69, 9.17) is 21.1 Å². The average Bonchev–Trinajstić information content (AvgIpc) is 3.37. The van der Waals surface area contributed by atoms with Crippen LogP contribution in [0.25, 0.3) is 21.9 Å². The maximum Gasteiger partial charge on any atom is 0.184 e. The van der Waals surface area contributed by atoms with E-state index in [1.807, 2.05) is 30.3 Å². The Morgan fingerprint density at radius 2 is 2.10 bits per heavy atom. The van der Waals surface area contributed by atoms with Gasteiger partial charge in [-0.2, -0.15) is 0 Å². The minimum Gasteiger partial charge on any atom is -0.495 e. The van der Waals surface area contributed by atoms with Crippen molar-refractivity contribution in [2.75, 3.05) is 7.11 Å². The van der Waals surface area contributed by atoms with Gasteiger partial charge in [-0.25, -0.2) is 4.98 Å². The lowest BCUT2D eigenvalue weighted by Crippen LogP contribution is -2.09. The maximum absolute atomic E-state index is 13.0. The van der Waals surface area contributed by atoms with Gasteiger partial charge in [0.1, 0.15) is 17.2 Å². The zero-order chi connectivity index (χ0) is 21.4. The lowest BCUT2D eigenvalue weighted by molar-refractivity contribution is 0.0975. The Kier molecular flexibility index (Phi) is 4.80. The van der Waals surface area contributed by atoms with Gasteiger partial charge >= 0.3 is 0 Å². The van der Waals surface area contributed by atoms with Gasteiger partial charge in [-0.05, 0) is 30.3 Å². The quantitative estimate of drug-likeness (QED) is 0.370. The van der Waals surface area contributed by atoms with Crippen LogP contribution in [0, 0.1) is 0 Å². The summed E-state index contributed by atoms with van der Waals surface area (Å²) in [4.78, 5) is 24.6. The summed E-state index contributed by atoms with van der Waals surface area (Å²) in [7, 11) is 1.55. The Morgan fingerprint density at radius 1 is 1.19 bits per heavy atom. The van der Waals surface area contributed by atoms with Crippen LogP contribution in [0.2, 0.25) is 5.02 Å². The van der Waals surface area contributed by atoms with Crippen molar-refractivity contribution in [1.29, 1.82) is 0 Å². The van der Waals surface area contributed by atoms with Crippen LogP contribution >= 0.6 is 11.6 Å². The molecule has 0 atom stereocenters. The number of ketones is 1. The van der Waals surface area contributed by atoms with E-state index in [0.29, 0.717) is 33.4 Å². The highest BCUT2D eigenvalue weighted by molar-refractivity contribution is 6.32. The standard InChI is InChI=1S/C23H17ClN4O3/c1-30-23-9-20-21(8-18(23)24)28(13-27-20)12-22(29)17-11-26-19-7-14(4-5-16(17)19)31-15-3-2-6-25-10-15/h2-11,13,26H,12H2,1H3. The molecule has 7 nitrogen and oxygen atoms in total. The van der Waals surface area contributed by atoms with Crippen LogP contribution in [-0.4, -0.2) is 32.4 Å². The van der Waals surface area contributed by atoms with E-state index in [0.717, 1.165) is 16.4 Å². The van der Waals surface area contributed by atoms with Crippen LogP contribution in [0.15, 0.2) is 67.4 Å². The molecule has 5 rings (SSSR count). The molecule has 0 spiro atoms. The lowest BCUT2D eigenvalue weighted by atomic mass is 10.1. The van der Waals surface area contributed by atoms with Crippen molar-refractivity contribution in [3.05, 3.63) is 78.0 Å². The van der Waals surface area contributed by atoms with Crippen LogP contribution < -0.4 is 9.47 Å². The van der Waals surface area contributed by atoms with Crippen LogP contribution in [0.3, 0.4) is 0 Å². The molecular weight excluding hydrogens is 416 g/mol. The zero-order valence-electron chi connectivity index (χ0n) is 16.5. The Labute approximate surface area is 182 Å². The fraction of sp³-hybridized carbons (Fsp3) is 0.0870. The monoisotopic (exact) mass is 432 g/mol. The second-order valence-corrected chi connectivity index (χ2v) is 7.38. The van der Waals surface area contributed by atoms with Crippen molar-refractivity contribution in [2.24, 2.45) is 0 Å². The van der Waals surface area contributed by atoms with E-state index in [1.165, 1.54) is 0 Å². The molecule has 0 radical (unpaired) electrons. The molecule has 8 heteroatoms. The Morgan fingerprint density at radius 3 is 2.90 bits per heavy atom. The first-order valence-corrected chi connectivity index (χ1v) is 9.91. The third-order valence-electron chi connectivity index (χ3n) is 5.03. The van der Waals surface area contributed by atoms with Gasteiger partial charge < -0.3 is 19.0 Å². The Hall–Kier alpha value is -3.84. The SMILES string of the molecule is COc1cc2ncn(CC(=O)c3c[nH]c4cc(Oc5cccnc5)ccc34)c2cc1Cl. The fourth-order valence-electron chi connectivity index (χ4n) is 3.53. The number of benzene rings is 2. The number of methoxy groups -OCH3 is 1. The maximum atomic E-state index is 13.0. The van der Waals surface area contributed by atoms with Crippen molar-refractivity contribution in [3.63, 3.8) is 0 Å². The van der Waals surface area contributed by atoms with Gasteiger partial charge in [-0.1, -0.05) is 11.6 Å². The summed E-state index contributed by atoms with van der Waals surface area (Å²) >= 11 is 6.25. The molecule has 0 aliphatic heterocycles. The summed E-state index contributed by atoms with van der Waals surface area (Å²) in [6.45, 7) is 0.139. The van der Waals surface area contributed by atoms with Crippen molar-refractivity contribution in [3.8, 4) is 17.2 Å². The van der Waals surface area contributed by atoms with Gasteiger partial charge in [0, 0.05) is 41.0 Å². The molecule has 0 aliphatic rings. The normalized spacial score (nSPS) is 11.2. The van der Waals surface area contributed by atoms with Crippen molar-refractivity contribution < 1.29 is 14.3 Å². The van der Waals surface area contributed by atoms with E-state index < -0.39 is 0 Å². The molecule has 5 aromatic rings. The van der Waals surface area contributed by atoms with Crippen LogP contribution in [0.4, 0.5) is 0 Å². The van der Waals surface area contributed by atoms with Crippen molar-refractivity contribution in [1.82, 2.24) is 19.5 Å². The minimum absolute atomic E-state index is 0.0431. The zero-order valence-corrected chi connectivity index (χ0v) is 17.3. The fourth-order valence-corrected chi connectivity index (χ4v) is 3.76. The molecule has 154 valence electrons. The number of aromatic nitrogens is 4. The summed E-state index contributed by atoms with van der Waals surface area (Å²) in [5.41, 5.74) is 2.90. The number of carbonyl (C=O) groups excluding carboxylic acids is 1. The van der Waals surface area contributed by atoms with Gasteiger partial charge in [-0.15, -0.1) is 0 Å². The number of nitrogens with one attached hydrogen (secondary N) is 1. The molecule has 0 unspecified atom stereocenters. The van der Waals surface area contributed by atoms with E-state index in [1.54, 1.807) is 48.7 Å². The molecule has 1 N–H and O–H groups in total. The number of imidazole rings is 1. The smallest absolute Gasteiger partial charge is 0.184 e. The summed E-state index contributed by atoms with van der Waals surface area (Å²) in [5.74, 6) is 1.81. The predicted molar refractivity (Wildman–Crippen MR) is 118 cm³/mol. The highest BCUT2D eigenvalue weighted by Crippen LogP contribution is 2.30. The van der Waals surface area contributed by atoms with E-state index >= 15 is 0 Å². The third kappa shape index (κ3) is 3.60. The van der Waals surface area contributed by atoms with Crippen molar-refractivity contribution >= 4 is 39.3 Å². The highest BCUT2D eigenvalue weighted by Gasteiger charge is 2.16. The number of hydrogen-bond donors (Lipinski definition) is 1. The molecule has 0 aliphatic carbocycles. The Balaban J connectivity index is 1.41.